The lowest BCUT2D eigenvalue weighted by atomic mass is 9.86. The van der Waals surface area contributed by atoms with Gasteiger partial charge in [0.25, 0.3) is 5.91 Å². The highest BCUT2D eigenvalue weighted by Gasteiger charge is 2.35. The molecule has 2 aromatic carbocycles. The van der Waals surface area contributed by atoms with Crippen LogP contribution in [0, 0.1) is 25.2 Å². The molecule has 1 amide bonds. The summed E-state index contributed by atoms with van der Waals surface area (Å²) in [5.41, 5.74) is 5.02. The van der Waals surface area contributed by atoms with Crippen molar-refractivity contribution in [3.63, 3.8) is 0 Å². The summed E-state index contributed by atoms with van der Waals surface area (Å²) < 4.78 is 0. The quantitative estimate of drug-likeness (QED) is 0.372. The van der Waals surface area contributed by atoms with Crippen molar-refractivity contribution in [1.29, 1.82) is 5.26 Å². The second kappa shape index (κ2) is 10.8. The Morgan fingerprint density at radius 1 is 1.06 bits per heavy atom. The van der Waals surface area contributed by atoms with Gasteiger partial charge in [0, 0.05) is 27.4 Å². The molecule has 5 nitrogen and oxygen atoms in total. The Kier molecular flexibility index (Phi) is 7.54. The molecule has 0 aliphatic carbocycles. The van der Waals surface area contributed by atoms with Crippen molar-refractivity contribution in [3.8, 4) is 6.07 Å². The Hall–Kier alpha value is -3.60. The summed E-state index contributed by atoms with van der Waals surface area (Å²) in [5.74, 6) is -0.595. The van der Waals surface area contributed by atoms with Crippen LogP contribution in [-0.4, -0.2) is 17.4 Å². The van der Waals surface area contributed by atoms with Crippen LogP contribution < -0.4 is 10.6 Å². The minimum atomic E-state index is -0.512. The summed E-state index contributed by atoms with van der Waals surface area (Å²) in [7, 11) is 0. The third kappa shape index (κ3) is 5.40. The number of para-hydroxylation sites is 1. The number of benzene rings is 2. The average molecular weight is 500 g/mol. The van der Waals surface area contributed by atoms with Crippen molar-refractivity contribution >= 4 is 40.5 Å². The first kappa shape index (κ1) is 24.5. The smallest absolute Gasteiger partial charge is 0.254 e. The van der Waals surface area contributed by atoms with Crippen molar-refractivity contribution < 1.29 is 9.59 Å². The molecule has 1 unspecified atom stereocenters. The molecule has 1 aromatic heterocycles. The third-order valence-electron chi connectivity index (χ3n) is 5.83. The van der Waals surface area contributed by atoms with Crippen LogP contribution in [0.5, 0.6) is 0 Å². The van der Waals surface area contributed by atoms with Crippen molar-refractivity contribution in [1.82, 2.24) is 5.32 Å². The maximum Gasteiger partial charge on any atom is 0.254 e. The predicted molar refractivity (Wildman–Crippen MR) is 143 cm³/mol. The molecule has 3 aromatic rings. The summed E-state index contributed by atoms with van der Waals surface area (Å²) in [5, 5.41) is 19.0. The van der Waals surface area contributed by atoms with E-state index in [1.807, 2.05) is 86.8 Å². The number of carbonyl (C=O) groups is 2. The Morgan fingerprint density at radius 3 is 2.46 bits per heavy atom. The molecule has 4 rings (SSSR count). The monoisotopic (exact) mass is 499 g/mol. The summed E-state index contributed by atoms with van der Waals surface area (Å²) in [6.07, 6.45) is 0. The number of thioether (sulfide) groups is 1. The van der Waals surface area contributed by atoms with E-state index in [1.54, 1.807) is 0 Å². The molecule has 35 heavy (non-hydrogen) atoms. The molecular formula is C28H25N3O2S2. The van der Waals surface area contributed by atoms with Crippen LogP contribution >= 0.6 is 23.1 Å². The zero-order valence-electron chi connectivity index (χ0n) is 19.7. The second-order valence-corrected chi connectivity index (χ2v) is 10.3. The van der Waals surface area contributed by atoms with Gasteiger partial charge in [-0.2, -0.15) is 5.26 Å². The molecular weight excluding hydrogens is 474 g/mol. The maximum absolute atomic E-state index is 13.5. The SMILES string of the molecule is CC1=C(C(=O)Nc2ccccc2C)C(c2cccs2)C(C#N)=C(SCC(=O)c2ccc(C)cc2)N1. The van der Waals surface area contributed by atoms with Gasteiger partial charge in [-0.1, -0.05) is 65.9 Å². The van der Waals surface area contributed by atoms with Crippen LogP contribution in [-0.2, 0) is 4.79 Å². The summed E-state index contributed by atoms with van der Waals surface area (Å²) in [4.78, 5) is 27.2. The standard InChI is InChI=1S/C28H25N3O2S2/c1-17-10-12-20(13-11-17)23(32)16-35-28-21(15-29)26(24-9-6-14-34-24)25(19(3)30-28)27(33)31-22-8-5-4-7-18(22)2/h4-14,26,30H,16H2,1-3H3,(H,31,33). The first-order chi connectivity index (χ1) is 16.9. The molecule has 0 saturated heterocycles. The highest BCUT2D eigenvalue weighted by Crippen LogP contribution is 2.42. The van der Waals surface area contributed by atoms with E-state index in [4.69, 9.17) is 0 Å². The van der Waals surface area contributed by atoms with Gasteiger partial charge in [-0.15, -0.1) is 11.3 Å². The van der Waals surface area contributed by atoms with E-state index in [1.165, 1.54) is 23.1 Å². The van der Waals surface area contributed by atoms with Gasteiger partial charge < -0.3 is 10.6 Å². The molecule has 2 heterocycles. The number of hydrogen-bond acceptors (Lipinski definition) is 6. The fraction of sp³-hybridized carbons (Fsp3) is 0.179. The van der Waals surface area contributed by atoms with E-state index >= 15 is 0 Å². The number of allylic oxidation sites excluding steroid dienone is 2. The number of thiophene rings is 1. The molecule has 0 fully saturated rings. The van der Waals surface area contributed by atoms with Crippen LogP contribution in [0.2, 0.25) is 0 Å². The molecule has 0 bridgehead atoms. The number of nitrogens with one attached hydrogen (secondary N) is 2. The highest BCUT2D eigenvalue weighted by molar-refractivity contribution is 8.03. The highest BCUT2D eigenvalue weighted by atomic mass is 32.2. The zero-order valence-corrected chi connectivity index (χ0v) is 21.3. The van der Waals surface area contributed by atoms with Gasteiger partial charge in [0.2, 0.25) is 0 Å². The number of nitriles is 1. The summed E-state index contributed by atoms with van der Waals surface area (Å²) in [6.45, 7) is 5.75. The molecule has 7 heteroatoms. The Bertz CT molecular complexity index is 1360. The summed E-state index contributed by atoms with van der Waals surface area (Å²) in [6, 6.07) is 21.2. The average Bonchev–Trinajstić information content (AvgIpc) is 3.38. The molecule has 176 valence electrons. The number of hydrogen-bond donors (Lipinski definition) is 2. The van der Waals surface area contributed by atoms with E-state index in [0.29, 0.717) is 27.4 Å². The number of anilines is 1. The Balaban J connectivity index is 1.64. The minimum absolute atomic E-state index is 0.0148. The maximum atomic E-state index is 13.5. The lowest BCUT2D eigenvalue weighted by molar-refractivity contribution is -0.113. The van der Waals surface area contributed by atoms with Crippen molar-refractivity contribution in [2.75, 3.05) is 11.1 Å². The van der Waals surface area contributed by atoms with E-state index in [9.17, 15) is 14.9 Å². The number of carbonyl (C=O) groups excluding carboxylic acids is 2. The van der Waals surface area contributed by atoms with Gasteiger partial charge >= 0.3 is 0 Å². The van der Waals surface area contributed by atoms with E-state index < -0.39 is 5.92 Å². The fourth-order valence-corrected chi connectivity index (χ4v) is 5.76. The number of amides is 1. The van der Waals surface area contributed by atoms with Crippen LogP contribution in [0.4, 0.5) is 5.69 Å². The molecule has 1 atom stereocenters. The van der Waals surface area contributed by atoms with Crippen molar-refractivity contribution in [2.24, 2.45) is 0 Å². The number of dihydropyridines is 1. The van der Waals surface area contributed by atoms with Crippen LogP contribution in [0.15, 0.2) is 87.9 Å². The van der Waals surface area contributed by atoms with Gasteiger partial charge in [0.1, 0.15) is 0 Å². The number of Topliss-reactive ketones (excluding diaryl/α,β-unsaturated/α-hetero) is 1. The van der Waals surface area contributed by atoms with Gasteiger partial charge in [-0.25, -0.2) is 0 Å². The molecule has 1 aliphatic rings. The molecule has 0 spiro atoms. The van der Waals surface area contributed by atoms with Gasteiger partial charge in [-0.3, -0.25) is 9.59 Å². The van der Waals surface area contributed by atoms with E-state index in [-0.39, 0.29) is 17.4 Å². The first-order valence-electron chi connectivity index (χ1n) is 11.1. The zero-order chi connectivity index (χ0) is 24.9. The van der Waals surface area contributed by atoms with Gasteiger partial charge in [-0.05, 0) is 43.8 Å². The first-order valence-corrected chi connectivity index (χ1v) is 13.0. The number of nitrogens with zero attached hydrogens (tertiary/aromatic N) is 1. The lowest BCUT2D eigenvalue weighted by Crippen LogP contribution is -2.30. The van der Waals surface area contributed by atoms with E-state index in [0.717, 1.165) is 21.7 Å². The van der Waals surface area contributed by atoms with E-state index in [2.05, 4.69) is 16.7 Å². The third-order valence-corrected chi connectivity index (χ3v) is 7.79. The van der Waals surface area contributed by atoms with Crippen LogP contribution in [0.1, 0.15) is 39.2 Å². The lowest BCUT2D eigenvalue weighted by Gasteiger charge is -2.29. The predicted octanol–water partition coefficient (Wildman–Crippen LogP) is 6.32. The normalized spacial score (nSPS) is 15.4. The van der Waals surface area contributed by atoms with Crippen LogP contribution in [0.25, 0.3) is 0 Å². The number of aryl methyl sites for hydroxylation is 2. The number of ketones is 1. The fourth-order valence-electron chi connectivity index (χ4n) is 3.93. The Morgan fingerprint density at radius 2 is 1.80 bits per heavy atom. The van der Waals surface area contributed by atoms with Gasteiger partial charge in [0.05, 0.1) is 28.3 Å². The molecule has 0 radical (unpaired) electrons. The molecule has 2 N–H and O–H groups in total. The van der Waals surface area contributed by atoms with Crippen molar-refractivity contribution in [3.05, 3.63) is 109 Å². The summed E-state index contributed by atoms with van der Waals surface area (Å²) >= 11 is 2.80. The second-order valence-electron chi connectivity index (χ2n) is 8.31. The minimum Gasteiger partial charge on any atom is -0.353 e. The Labute approximate surface area is 213 Å². The molecule has 0 saturated carbocycles. The molecule has 1 aliphatic heterocycles. The van der Waals surface area contributed by atoms with Crippen molar-refractivity contribution in [2.45, 2.75) is 26.7 Å². The van der Waals surface area contributed by atoms with Crippen LogP contribution in [0.3, 0.4) is 0 Å². The number of rotatable bonds is 7. The van der Waals surface area contributed by atoms with Gasteiger partial charge in [0.15, 0.2) is 5.78 Å². The largest absolute Gasteiger partial charge is 0.353 e. The topological polar surface area (TPSA) is 82.0 Å².